The minimum Gasteiger partial charge on any atom is -0.355 e. The van der Waals surface area contributed by atoms with Crippen molar-refractivity contribution in [2.24, 2.45) is 11.8 Å². The van der Waals surface area contributed by atoms with E-state index >= 15 is 0 Å². The average molecular weight is 272 g/mol. The van der Waals surface area contributed by atoms with E-state index in [2.05, 4.69) is 17.1 Å². The summed E-state index contributed by atoms with van der Waals surface area (Å²) in [5, 5.41) is 2.95. The van der Waals surface area contributed by atoms with Crippen LogP contribution < -0.4 is 10.2 Å². The Kier molecular flexibility index (Phi) is 2.69. The first-order valence-corrected chi connectivity index (χ1v) is 7.61. The number of amides is 1. The first-order valence-electron chi connectivity index (χ1n) is 7.61. The van der Waals surface area contributed by atoms with Crippen LogP contribution in [0.25, 0.3) is 0 Å². The molecular formula is C15H20N4O. The van der Waals surface area contributed by atoms with E-state index < -0.39 is 0 Å². The minimum atomic E-state index is 0.134. The number of hydrogen-bond acceptors (Lipinski definition) is 4. The summed E-state index contributed by atoms with van der Waals surface area (Å²) in [6, 6.07) is 0. The van der Waals surface area contributed by atoms with Crippen LogP contribution in [0.3, 0.4) is 0 Å². The van der Waals surface area contributed by atoms with E-state index in [4.69, 9.17) is 9.97 Å². The van der Waals surface area contributed by atoms with Gasteiger partial charge in [0.2, 0.25) is 11.9 Å². The number of carbonyl (C=O) groups is 1. The Morgan fingerprint density at radius 3 is 2.90 bits per heavy atom. The molecule has 0 radical (unpaired) electrons. The van der Waals surface area contributed by atoms with Gasteiger partial charge in [0.25, 0.3) is 0 Å². The van der Waals surface area contributed by atoms with E-state index in [1.165, 1.54) is 24.1 Å². The largest absolute Gasteiger partial charge is 0.355 e. The summed E-state index contributed by atoms with van der Waals surface area (Å²) < 4.78 is 0. The summed E-state index contributed by atoms with van der Waals surface area (Å²) in [6.07, 6.45) is 4.68. The van der Waals surface area contributed by atoms with Crippen molar-refractivity contribution in [3.8, 4) is 0 Å². The fraction of sp³-hybridized carbons (Fsp3) is 0.667. The van der Waals surface area contributed by atoms with E-state index in [0.29, 0.717) is 5.92 Å². The number of hydrogen-bond donors (Lipinski definition) is 1. The maximum atomic E-state index is 11.8. The number of nitrogens with one attached hydrogen (secondary N) is 1. The molecule has 1 amide bonds. The van der Waals surface area contributed by atoms with Crippen LogP contribution >= 0.6 is 0 Å². The maximum absolute atomic E-state index is 11.8. The topological polar surface area (TPSA) is 58.1 Å². The van der Waals surface area contributed by atoms with Crippen LogP contribution in [0.5, 0.6) is 0 Å². The van der Waals surface area contributed by atoms with E-state index in [1.54, 1.807) is 0 Å². The molecular weight excluding hydrogens is 252 g/mol. The second kappa shape index (κ2) is 4.43. The van der Waals surface area contributed by atoms with Gasteiger partial charge in [-0.15, -0.1) is 0 Å². The van der Waals surface area contributed by atoms with Gasteiger partial charge in [0, 0.05) is 36.9 Å². The van der Waals surface area contributed by atoms with E-state index in [1.807, 2.05) is 0 Å². The van der Waals surface area contributed by atoms with Gasteiger partial charge in [-0.25, -0.2) is 9.97 Å². The summed E-state index contributed by atoms with van der Waals surface area (Å²) in [4.78, 5) is 23.5. The Balaban J connectivity index is 1.63. The first-order chi connectivity index (χ1) is 9.72. The Bertz CT molecular complexity index is 571. The van der Waals surface area contributed by atoms with Crippen LogP contribution in [0, 0.1) is 18.8 Å². The van der Waals surface area contributed by atoms with Crippen molar-refractivity contribution in [1.82, 2.24) is 15.3 Å². The van der Waals surface area contributed by atoms with Gasteiger partial charge in [0.05, 0.1) is 5.92 Å². The van der Waals surface area contributed by atoms with Gasteiger partial charge < -0.3 is 10.2 Å². The molecule has 4 rings (SSSR count). The molecule has 3 heterocycles. The maximum Gasteiger partial charge on any atom is 0.225 e. The van der Waals surface area contributed by atoms with Crippen LogP contribution in [-0.4, -0.2) is 35.5 Å². The second-order valence-electron chi connectivity index (χ2n) is 6.26. The number of aryl methyl sites for hydroxylation is 2. The summed E-state index contributed by atoms with van der Waals surface area (Å²) >= 11 is 0. The monoisotopic (exact) mass is 272 g/mol. The quantitative estimate of drug-likeness (QED) is 0.823. The SMILES string of the molecule is Cc1nc(N2C[C@@H]3CNC(=O)[C@@H]3C2)nc2c1CCCC2. The molecule has 2 saturated heterocycles. The molecule has 0 aromatic carbocycles. The Hall–Kier alpha value is -1.65. The molecule has 3 aliphatic rings. The van der Waals surface area contributed by atoms with Crippen LogP contribution in [0.1, 0.15) is 29.8 Å². The third kappa shape index (κ3) is 1.79. The molecule has 5 heteroatoms. The second-order valence-corrected chi connectivity index (χ2v) is 6.26. The Labute approximate surface area is 118 Å². The molecule has 0 spiro atoms. The Morgan fingerprint density at radius 1 is 1.20 bits per heavy atom. The van der Waals surface area contributed by atoms with Gasteiger partial charge >= 0.3 is 0 Å². The standard InChI is InChI=1S/C15H20N4O/c1-9-11-4-2-3-5-13(11)18-15(17-9)19-7-10-6-16-14(20)12(10)8-19/h10,12H,2-8H2,1H3,(H,16,20)/t10-,12+/m0/s1. The fourth-order valence-electron chi connectivity index (χ4n) is 3.81. The highest BCUT2D eigenvalue weighted by atomic mass is 16.2. The molecule has 2 atom stereocenters. The number of nitrogens with zero attached hydrogens (tertiary/aromatic N) is 3. The smallest absolute Gasteiger partial charge is 0.225 e. The van der Waals surface area contributed by atoms with Gasteiger partial charge in [-0.05, 0) is 38.2 Å². The van der Waals surface area contributed by atoms with E-state index in [-0.39, 0.29) is 11.8 Å². The highest BCUT2D eigenvalue weighted by molar-refractivity contribution is 5.82. The van der Waals surface area contributed by atoms with Gasteiger partial charge in [0.1, 0.15) is 0 Å². The van der Waals surface area contributed by atoms with Crippen molar-refractivity contribution in [2.75, 3.05) is 24.5 Å². The molecule has 0 saturated carbocycles. The molecule has 20 heavy (non-hydrogen) atoms. The summed E-state index contributed by atoms with van der Waals surface area (Å²) in [7, 11) is 0. The summed E-state index contributed by atoms with van der Waals surface area (Å²) in [5.41, 5.74) is 3.73. The number of anilines is 1. The van der Waals surface area contributed by atoms with Crippen molar-refractivity contribution in [2.45, 2.75) is 32.6 Å². The highest BCUT2D eigenvalue weighted by Gasteiger charge is 2.42. The number of fused-ring (bicyclic) bond motifs is 2. The van der Waals surface area contributed by atoms with Gasteiger partial charge in [-0.2, -0.15) is 0 Å². The molecule has 106 valence electrons. The third-order valence-electron chi connectivity index (χ3n) is 4.98. The predicted octanol–water partition coefficient (Wildman–Crippen LogP) is 0.846. The van der Waals surface area contributed by atoms with Gasteiger partial charge in [-0.1, -0.05) is 0 Å². The van der Waals surface area contributed by atoms with Crippen molar-refractivity contribution in [1.29, 1.82) is 0 Å². The van der Waals surface area contributed by atoms with Gasteiger partial charge in [-0.3, -0.25) is 4.79 Å². The van der Waals surface area contributed by atoms with Crippen LogP contribution in [-0.2, 0) is 17.6 Å². The molecule has 1 N–H and O–H groups in total. The van der Waals surface area contributed by atoms with E-state index in [9.17, 15) is 4.79 Å². The fourth-order valence-corrected chi connectivity index (χ4v) is 3.81. The van der Waals surface area contributed by atoms with Crippen LogP contribution in [0.15, 0.2) is 0 Å². The average Bonchev–Trinajstić information content (AvgIpc) is 3.02. The highest BCUT2D eigenvalue weighted by Crippen LogP contribution is 2.31. The number of carbonyl (C=O) groups excluding carboxylic acids is 1. The first kappa shape index (κ1) is 12.1. The number of aromatic nitrogens is 2. The summed E-state index contributed by atoms with van der Waals surface area (Å²) in [6.45, 7) is 4.58. The lowest BCUT2D eigenvalue weighted by molar-refractivity contribution is -0.122. The molecule has 2 aliphatic heterocycles. The normalized spacial score (nSPS) is 28.2. The molecule has 5 nitrogen and oxygen atoms in total. The molecule has 1 aromatic rings. The van der Waals surface area contributed by atoms with Crippen molar-refractivity contribution in [3.63, 3.8) is 0 Å². The van der Waals surface area contributed by atoms with Crippen molar-refractivity contribution < 1.29 is 4.79 Å². The van der Waals surface area contributed by atoms with Crippen molar-refractivity contribution >= 4 is 11.9 Å². The molecule has 0 bridgehead atoms. The van der Waals surface area contributed by atoms with Crippen molar-refractivity contribution in [3.05, 3.63) is 17.0 Å². The lowest BCUT2D eigenvalue weighted by Crippen LogP contribution is -2.30. The Morgan fingerprint density at radius 2 is 2.05 bits per heavy atom. The molecule has 1 aliphatic carbocycles. The van der Waals surface area contributed by atoms with E-state index in [0.717, 1.165) is 44.1 Å². The van der Waals surface area contributed by atoms with Gasteiger partial charge in [0.15, 0.2) is 0 Å². The lowest BCUT2D eigenvalue weighted by atomic mass is 9.95. The molecule has 2 fully saturated rings. The zero-order valence-corrected chi connectivity index (χ0v) is 11.9. The lowest BCUT2D eigenvalue weighted by Gasteiger charge is -2.22. The van der Waals surface area contributed by atoms with Crippen LogP contribution in [0.2, 0.25) is 0 Å². The molecule has 0 unspecified atom stereocenters. The number of rotatable bonds is 1. The predicted molar refractivity (Wildman–Crippen MR) is 75.6 cm³/mol. The molecule has 1 aromatic heterocycles. The zero-order chi connectivity index (χ0) is 13.7. The summed E-state index contributed by atoms with van der Waals surface area (Å²) in [5.74, 6) is 1.61. The van der Waals surface area contributed by atoms with Crippen LogP contribution in [0.4, 0.5) is 5.95 Å². The zero-order valence-electron chi connectivity index (χ0n) is 11.9. The minimum absolute atomic E-state index is 0.134. The third-order valence-corrected chi connectivity index (χ3v) is 4.98.